The number of carbonyl (C=O) groups excluding carboxylic acids is 1. The quantitative estimate of drug-likeness (QED) is 0.720. The van der Waals surface area contributed by atoms with E-state index in [0.717, 1.165) is 6.92 Å². The number of carbonyl (C=O) groups is 1. The van der Waals surface area contributed by atoms with Gasteiger partial charge >= 0.3 is 6.18 Å². The zero-order chi connectivity index (χ0) is 13.6. The Balaban J connectivity index is 2.71. The van der Waals surface area contributed by atoms with Gasteiger partial charge in [-0.05, 0) is 25.5 Å². The molecule has 0 aliphatic carbocycles. The van der Waals surface area contributed by atoms with E-state index in [1.54, 1.807) is 18.2 Å². The van der Waals surface area contributed by atoms with Gasteiger partial charge in [-0.3, -0.25) is 4.79 Å². The summed E-state index contributed by atoms with van der Waals surface area (Å²) in [7, 11) is 0. The van der Waals surface area contributed by atoms with Gasteiger partial charge in [-0.2, -0.15) is 13.2 Å². The number of rotatable bonds is 1. The molecule has 0 bridgehead atoms. The van der Waals surface area contributed by atoms with E-state index < -0.39 is 11.8 Å². The van der Waals surface area contributed by atoms with Crippen LogP contribution in [0.2, 0.25) is 0 Å². The van der Waals surface area contributed by atoms with E-state index >= 15 is 0 Å². The molecule has 0 saturated heterocycles. The van der Waals surface area contributed by atoms with Gasteiger partial charge in [-0.1, -0.05) is 18.2 Å². The van der Waals surface area contributed by atoms with E-state index in [1.807, 2.05) is 0 Å². The van der Waals surface area contributed by atoms with Crippen LogP contribution in [0.1, 0.15) is 19.4 Å². The van der Waals surface area contributed by atoms with Crippen LogP contribution in [-0.4, -0.2) is 18.1 Å². The lowest BCUT2D eigenvalue weighted by Crippen LogP contribution is -2.51. The van der Waals surface area contributed by atoms with Gasteiger partial charge in [0.15, 0.2) is 6.29 Å². The number of benzene rings is 1. The van der Waals surface area contributed by atoms with Gasteiger partial charge in [0.2, 0.25) is 5.60 Å². The molecule has 0 saturated carbocycles. The average molecular weight is 256 g/mol. The van der Waals surface area contributed by atoms with Gasteiger partial charge in [0, 0.05) is 11.1 Å². The van der Waals surface area contributed by atoms with Crippen molar-refractivity contribution in [3.63, 3.8) is 0 Å². The molecule has 5 heteroatoms. The minimum atomic E-state index is -4.65. The SMILES string of the molecule is CC1=C(C=O)C(C)(C(F)(F)F)Oc2ccccc21. The molecule has 2 rings (SSSR count). The van der Waals surface area contributed by atoms with Crippen molar-refractivity contribution < 1.29 is 22.7 Å². The first-order valence-corrected chi connectivity index (χ1v) is 5.33. The Morgan fingerprint density at radius 3 is 2.44 bits per heavy atom. The van der Waals surface area contributed by atoms with Crippen molar-refractivity contribution in [1.29, 1.82) is 0 Å². The van der Waals surface area contributed by atoms with Gasteiger partial charge in [0.1, 0.15) is 5.75 Å². The van der Waals surface area contributed by atoms with Gasteiger partial charge in [0.25, 0.3) is 0 Å². The highest BCUT2D eigenvalue weighted by Crippen LogP contribution is 2.47. The number of ether oxygens (including phenoxy) is 1. The monoisotopic (exact) mass is 256 g/mol. The highest BCUT2D eigenvalue weighted by Gasteiger charge is 2.58. The minimum Gasteiger partial charge on any atom is -0.473 e. The van der Waals surface area contributed by atoms with Crippen LogP contribution >= 0.6 is 0 Å². The number of halogens is 3. The molecule has 18 heavy (non-hydrogen) atoms. The smallest absolute Gasteiger partial charge is 0.432 e. The third-order valence-corrected chi connectivity index (χ3v) is 3.18. The highest BCUT2D eigenvalue weighted by atomic mass is 19.4. The van der Waals surface area contributed by atoms with Crippen molar-refractivity contribution >= 4 is 11.9 Å². The predicted molar refractivity (Wildman–Crippen MR) is 60.2 cm³/mol. The Morgan fingerprint density at radius 2 is 1.89 bits per heavy atom. The van der Waals surface area contributed by atoms with Crippen LogP contribution in [-0.2, 0) is 4.79 Å². The Kier molecular flexibility index (Phi) is 2.72. The second kappa shape index (κ2) is 3.86. The lowest BCUT2D eigenvalue weighted by Gasteiger charge is -2.37. The van der Waals surface area contributed by atoms with Gasteiger partial charge < -0.3 is 4.74 Å². The summed E-state index contributed by atoms with van der Waals surface area (Å²) < 4.78 is 44.4. The molecule has 1 aliphatic heterocycles. The largest absolute Gasteiger partial charge is 0.473 e. The van der Waals surface area contributed by atoms with E-state index in [2.05, 4.69) is 0 Å². The molecule has 0 fully saturated rings. The molecule has 96 valence electrons. The first-order valence-electron chi connectivity index (χ1n) is 5.33. The number of para-hydroxylation sites is 1. The minimum absolute atomic E-state index is 0.139. The molecule has 0 spiro atoms. The first-order chi connectivity index (χ1) is 8.31. The topological polar surface area (TPSA) is 26.3 Å². The first kappa shape index (κ1) is 12.7. The summed E-state index contributed by atoms with van der Waals surface area (Å²) in [4.78, 5) is 11.0. The molecule has 1 aromatic rings. The van der Waals surface area contributed by atoms with Crippen molar-refractivity contribution in [2.45, 2.75) is 25.6 Å². The highest BCUT2D eigenvalue weighted by molar-refractivity contribution is 5.92. The number of alkyl halides is 3. The third-order valence-electron chi connectivity index (χ3n) is 3.18. The van der Waals surface area contributed by atoms with Crippen LogP contribution in [0.15, 0.2) is 29.8 Å². The summed E-state index contributed by atoms with van der Waals surface area (Å²) >= 11 is 0. The third kappa shape index (κ3) is 1.62. The van der Waals surface area contributed by atoms with Crippen LogP contribution in [0.25, 0.3) is 5.57 Å². The molecule has 0 radical (unpaired) electrons. The van der Waals surface area contributed by atoms with Crippen molar-refractivity contribution in [3.8, 4) is 5.75 Å². The predicted octanol–water partition coefficient (Wildman–Crippen LogP) is 3.37. The molecule has 1 unspecified atom stereocenters. The molecule has 1 atom stereocenters. The number of hydrogen-bond acceptors (Lipinski definition) is 2. The fourth-order valence-electron chi connectivity index (χ4n) is 2.05. The molecular formula is C13H11F3O2. The van der Waals surface area contributed by atoms with E-state index in [9.17, 15) is 18.0 Å². The molecule has 0 amide bonds. The zero-order valence-corrected chi connectivity index (χ0v) is 9.84. The zero-order valence-electron chi connectivity index (χ0n) is 9.84. The van der Waals surface area contributed by atoms with Crippen LogP contribution in [0.5, 0.6) is 5.75 Å². The van der Waals surface area contributed by atoms with Gasteiger partial charge in [-0.25, -0.2) is 0 Å². The lowest BCUT2D eigenvalue weighted by atomic mass is 9.86. The number of hydrogen-bond donors (Lipinski definition) is 0. The Morgan fingerprint density at radius 1 is 1.28 bits per heavy atom. The Bertz CT molecular complexity index is 531. The fourth-order valence-corrected chi connectivity index (χ4v) is 2.05. The molecule has 1 heterocycles. The lowest BCUT2D eigenvalue weighted by molar-refractivity contribution is -0.226. The van der Waals surface area contributed by atoms with Crippen LogP contribution in [0.3, 0.4) is 0 Å². The standard InChI is InChI=1S/C13H11F3O2/c1-8-9-5-3-4-6-11(9)18-12(2,10(8)7-17)13(14,15)16/h3-7H,1-2H3. The summed E-state index contributed by atoms with van der Waals surface area (Å²) in [6.07, 6.45) is -4.43. The summed E-state index contributed by atoms with van der Waals surface area (Å²) in [5.41, 5.74) is -2.16. The van der Waals surface area contributed by atoms with E-state index in [0.29, 0.717) is 11.1 Å². The molecular weight excluding hydrogens is 245 g/mol. The van der Waals surface area contributed by atoms with Gasteiger partial charge in [-0.15, -0.1) is 0 Å². The van der Waals surface area contributed by atoms with Crippen molar-refractivity contribution in [2.75, 3.05) is 0 Å². The van der Waals surface area contributed by atoms with E-state index in [1.165, 1.54) is 13.0 Å². The Labute approximate surface area is 102 Å². The normalized spacial score (nSPS) is 23.4. The summed E-state index contributed by atoms with van der Waals surface area (Å²) in [5, 5.41) is 0. The maximum Gasteiger partial charge on any atom is 0.432 e. The van der Waals surface area contributed by atoms with Crippen LogP contribution < -0.4 is 4.74 Å². The summed E-state index contributed by atoms with van der Waals surface area (Å²) in [6, 6.07) is 6.37. The fraction of sp³-hybridized carbons (Fsp3) is 0.308. The van der Waals surface area contributed by atoms with Crippen molar-refractivity contribution in [1.82, 2.24) is 0 Å². The molecule has 0 N–H and O–H groups in total. The second-order valence-corrected chi connectivity index (χ2v) is 4.29. The summed E-state index contributed by atoms with van der Waals surface area (Å²) in [6.45, 7) is 2.37. The maximum atomic E-state index is 13.1. The average Bonchev–Trinajstić information content (AvgIpc) is 2.28. The second-order valence-electron chi connectivity index (χ2n) is 4.29. The Hall–Kier alpha value is -1.78. The number of aldehydes is 1. The van der Waals surface area contributed by atoms with Crippen LogP contribution in [0, 0.1) is 0 Å². The van der Waals surface area contributed by atoms with E-state index in [4.69, 9.17) is 4.74 Å². The van der Waals surface area contributed by atoms with Crippen molar-refractivity contribution in [3.05, 3.63) is 35.4 Å². The molecule has 1 aromatic carbocycles. The van der Waals surface area contributed by atoms with E-state index in [-0.39, 0.29) is 17.6 Å². The molecule has 0 aromatic heterocycles. The van der Waals surface area contributed by atoms with Crippen molar-refractivity contribution in [2.24, 2.45) is 0 Å². The maximum absolute atomic E-state index is 13.1. The van der Waals surface area contributed by atoms with Crippen LogP contribution in [0.4, 0.5) is 13.2 Å². The number of fused-ring (bicyclic) bond motifs is 1. The van der Waals surface area contributed by atoms with Gasteiger partial charge in [0.05, 0.1) is 0 Å². The molecule has 1 aliphatic rings. The number of allylic oxidation sites excluding steroid dienone is 1. The molecule has 2 nitrogen and oxygen atoms in total. The summed E-state index contributed by atoms with van der Waals surface area (Å²) in [5.74, 6) is 0.139.